The first-order valence-electron chi connectivity index (χ1n) is 13.0. The zero-order valence-corrected chi connectivity index (χ0v) is 22.5. The van der Waals surface area contributed by atoms with Crippen molar-refractivity contribution in [2.45, 2.75) is 52.0 Å². The molecule has 2 aliphatic heterocycles. The molecular weight excluding hydrogens is 482 g/mol. The van der Waals surface area contributed by atoms with E-state index in [0.29, 0.717) is 6.04 Å². The Labute approximate surface area is 221 Å². The molecule has 3 aliphatic rings. The van der Waals surface area contributed by atoms with Gasteiger partial charge < -0.3 is 14.4 Å². The second kappa shape index (κ2) is 8.84. The normalized spacial score (nSPS) is 21.1. The SMILES string of the molecule is CC1(C)COC(c2ccc(-c3ccc(-c4ccc5c6c4CCCC6N(c4ccccc4)C5)s3)s2)OC1. The first kappa shape index (κ1) is 22.7. The van der Waals surface area contributed by atoms with Crippen molar-refractivity contribution >= 4 is 28.4 Å². The van der Waals surface area contributed by atoms with Crippen molar-refractivity contribution in [1.29, 1.82) is 0 Å². The van der Waals surface area contributed by atoms with Gasteiger partial charge in [-0.1, -0.05) is 44.2 Å². The lowest BCUT2D eigenvalue weighted by Crippen LogP contribution is -2.33. The fourth-order valence-electron chi connectivity index (χ4n) is 5.96. The lowest BCUT2D eigenvalue weighted by molar-refractivity contribution is -0.224. The van der Waals surface area contributed by atoms with Gasteiger partial charge in [0.15, 0.2) is 6.29 Å². The highest BCUT2D eigenvalue weighted by Crippen LogP contribution is 2.49. The molecule has 0 N–H and O–H groups in total. The average molecular weight is 514 g/mol. The summed E-state index contributed by atoms with van der Waals surface area (Å²) in [7, 11) is 0. The van der Waals surface area contributed by atoms with E-state index in [1.54, 1.807) is 22.5 Å². The van der Waals surface area contributed by atoms with E-state index in [9.17, 15) is 0 Å². The molecule has 0 bridgehead atoms. The van der Waals surface area contributed by atoms with Crippen LogP contribution in [0.4, 0.5) is 5.69 Å². The molecule has 1 aliphatic carbocycles. The average Bonchev–Trinajstić information content (AvgIpc) is 3.65. The summed E-state index contributed by atoms with van der Waals surface area (Å²) in [4.78, 5) is 7.76. The van der Waals surface area contributed by atoms with E-state index in [2.05, 4.69) is 85.5 Å². The third-order valence-corrected chi connectivity index (χ3v) is 10.1. The number of benzene rings is 2. The maximum absolute atomic E-state index is 6.02. The second-order valence-electron chi connectivity index (χ2n) is 11.0. The van der Waals surface area contributed by atoms with Gasteiger partial charge in [-0.25, -0.2) is 0 Å². The fourth-order valence-corrected chi connectivity index (χ4v) is 8.12. The third-order valence-electron chi connectivity index (χ3n) is 7.71. The Bertz CT molecular complexity index is 1390. The number of rotatable bonds is 4. The van der Waals surface area contributed by atoms with Gasteiger partial charge >= 0.3 is 0 Å². The van der Waals surface area contributed by atoms with Crippen LogP contribution in [0.2, 0.25) is 0 Å². The molecule has 2 aromatic carbocycles. The van der Waals surface area contributed by atoms with Crippen LogP contribution in [0.3, 0.4) is 0 Å². The molecule has 2 aromatic heterocycles. The quantitative estimate of drug-likeness (QED) is 0.273. The van der Waals surface area contributed by atoms with Gasteiger partial charge in [-0.2, -0.15) is 0 Å². The van der Waals surface area contributed by atoms with Crippen molar-refractivity contribution in [3.05, 3.63) is 88.3 Å². The third kappa shape index (κ3) is 3.93. The molecule has 36 heavy (non-hydrogen) atoms. The van der Waals surface area contributed by atoms with Gasteiger partial charge in [-0.05, 0) is 77.9 Å². The first-order chi connectivity index (χ1) is 17.6. The van der Waals surface area contributed by atoms with E-state index in [1.165, 1.54) is 50.7 Å². The van der Waals surface area contributed by atoms with Gasteiger partial charge in [-0.3, -0.25) is 0 Å². The van der Waals surface area contributed by atoms with Crippen LogP contribution in [0, 0.1) is 5.41 Å². The molecule has 1 unspecified atom stereocenters. The highest BCUT2D eigenvalue weighted by Gasteiger charge is 2.36. The number of ether oxygens (including phenoxy) is 2. The molecule has 184 valence electrons. The van der Waals surface area contributed by atoms with E-state index >= 15 is 0 Å². The summed E-state index contributed by atoms with van der Waals surface area (Å²) >= 11 is 3.71. The molecule has 7 rings (SSSR count). The summed E-state index contributed by atoms with van der Waals surface area (Å²) in [6.07, 6.45) is 3.44. The highest BCUT2D eigenvalue weighted by atomic mass is 32.1. The Morgan fingerprint density at radius 2 is 1.58 bits per heavy atom. The Morgan fingerprint density at radius 1 is 0.833 bits per heavy atom. The summed E-state index contributed by atoms with van der Waals surface area (Å²) in [6, 6.07) is 25.2. The summed E-state index contributed by atoms with van der Waals surface area (Å²) in [5.74, 6) is 0. The van der Waals surface area contributed by atoms with Crippen molar-refractivity contribution < 1.29 is 9.47 Å². The van der Waals surface area contributed by atoms with E-state index in [-0.39, 0.29) is 11.7 Å². The number of nitrogens with zero attached hydrogens (tertiary/aromatic N) is 1. The minimum absolute atomic E-state index is 0.0898. The summed E-state index contributed by atoms with van der Waals surface area (Å²) in [5.41, 5.74) is 7.56. The molecule has 0 saturated carbocycles. The van der Waals surface area contributed by atoms with Gasteiger partial charge in [0.25, 0.3) is 0 Å². The van der Waals surface area contributed by atoms with Crippen LogP contribution < -0.4 is 4.90 Å². The molecule has 0 amide bonds. The Kier molecular flexibility index (Phi) is 5.58. The van der Waals surface area contributed by atoms with E-state index < -0.39 is 0 Å². The van der Waals surface area contributed by atoms with Gasteiger partial charge in [0.05, 0.1) is 24.1 Å². The van der Waals surface area contributed by atoms with Gasteiger partial charge in [0, 0.05) is 32.3 Å². The summed E-state index contributed by atoms with van der Waals surface area (Å²) in [6.45, 7) is 6.86. The minimum Gasteiger partial charge on any atom is -0.360 e. The molecule has 0 radical (unpaired) electrons. The van der Waals surface area contributed by atoms with Crippen LogP contribution in [0.5, 0.6) is 0 Å². The zero-order chi connectivity index (χ0) is 24.3. The molecule has 4 heterocycles. The largest absolute Gasteiger partial charge is 0.360 e. The van der Waals surface area contributed by atoms with Crippen LogP contribution in [0.1, 0.15) is 60.6 Å². The monoisotopic (exact) mass is 513 g/mol. The number of anilines is 1. The summed E-state index contributed by atoms with van der Waals surface area (Å²) in [5, 5.41) is 0. The number of hydrogen-bond acceptors (Lipinski definition) is 5. The van der Waals surface area contributed by atoms with Gasteiger partial charge in [0.2, 0.25) is 0 Å². The second-order valence-corrected chi connectivity index (χ2v) is 13.2. The lowest BCUT2D eigenvalue weighted by atomic mass is 9.83. The van der Waals surface area contributed by atoms with Crippen molar-refractivity contribution in [2.75, 3.05) is 18.1 Å². The minimum atomic E-state index is -0.234. The smallest absolute Gasteiger partial charge is 0.193 e. The lowest BCUT2D eigenvalue weighted by Gasteiger charge is -2.34. The van der Waals surface area contributed by atoms with Gasteiger partial charge in [0.1, 0.15) is 0 Å². The predicted molar refractivity (Wildman–Crippen MR) is 150 cm³/mol. The topological polar surface area (TPSA) is 21.7 Å². The van der Waals surface area contributed by atoms with E-state index in [1.807, 2.05) is 11.3 Å². The zero-order valence-electron chi connectivity index (χ0n) is 20.8. The number of para-hydroxylation sites is 1. The Balaban J connectivity index is 1.17. The van der Waals surface area contributed by atoms with Crippen molar-refractivity contribution in [2.24, 2.45) is 5.41 Å². The van der Waals surface area contributed by atoms with Crippen LogP contribution in [-0.4, -0.2) is 13.2 Å². The molecule has 0 spiro atoms. The van der Waals surface area contributed by atoms with Crippen molar-refractivity contribution in [3.8, 4) is 20.2 Å². The van der Waals surface area contributed by atoms with E-state index in [4.69, 9.17) is 9.47 Å². The number of hydrogen-bond donors (Lipinski definition) is 0. The molecule has 1 atom stereocenters. The van der Waals surface area contributed by atoms with Crippen LogP contribution in [0.15, 0.2) is 66.7 Å². The maximum atomic E-state index is 6.02. The predicted octanol–water partition coefficient (Wildman–Crippen LogP) is 8.61. The molecule has 4 aromatic rings. The Hall–Kier alpha value is -2.44. The van der Waals surface area contributed by atoms with Crippen molar-refractivity contribution in [1.82, 2.24) is 0 Å². The fraction of sp³-hybridized carbons (Fsp3) is 0.355. The van der Waals surface area contributed by atoms with Crippen molar-refractivity contribution in [3.63, 3.8) is 0 Å². The first-order valence-corrected chi connectivity index (χ1v) is 14.6. The molecule has 5 heteroatoms. The van der Waals surface area contributed by atoms with Crippen LogP contribution in [-0.2, 0) is 22.4 Å². The van der Waals surface area contributed by atoms with E-state index in [0.717, 1.165) is 24.6 Å². The standard InChI is InChI=1S/C31H31NO2S2/c1-31(2)18-33-30(34-19-31)28-16-15-27(36-28)26-14-13-25(35-26)22-12-11-20-17-32(21-7-4-3-5-8-21)24-10-6-9-23(22)29(20)24/h3-5,7-8,11-16,24,30H,6,9-10,17-19H2,1-2H3. The number of thiophene rings is 2. The van der Waals surface area contributed by atoms with Crippen LogP contribution >= 0.6 is 22.7 Å². The maximum Gasteiger partial charge on any atom is 0.193 e. The van der Waals surface area contributed by atoms with Crippen LogP contribution in [0.25, 0.3) is 20.2 Å². The molecule has 1 fully saturated rings. The molecule has 3 nitrogen and oxygen atoms in total. The Morgan fingerprint density at radius 3 is 2.42 bits per heavy atom. The summed E-state index contributed by atoms with van der Waals surface area (Å²) < 4.78 is 12.0. The highest BCUT2D eigenvalue weighted by molar-refractivity contribution is 7.23. The molecular formula is C31H31NO2S2. The van der Waals surface area contributed by atoms with Gasteiger partial charge in [-0.15, -0.1) is 22.7 Å². The molecule has 1 saturated heterocycles.